The van der Waals surface area contributed by atoms with Crippen LogP contribution in [0, 0.1) is 0 Å². The summed E-state index contributed by atoms with van der Waals surface area (Å²) in [6.07, 6.45) is -46.3. The number of aliphatic hydroxyl groups excluding tert-OH is 16. The van der Waals surface area contributed by atoms with E-state index in [-0.39, 0.29) is 0 Å². The molecule has 0 amide bonds. The molecule has 5 rings (SSSR count). The van der Waals surface area contributed by atoms with E-state index in [9.17, 15) is 91.6 Å². The minimum absolute atomic E-state index is 0.876. The Morgan fingerprint density at radius 3 is 1.68 bits per heavy atom. The number of aliphatic carboxylic acids is 1. The van der Waals surface area contributed by atoms with Crippen LogP contribution in [0.4, 0.5) is 0 Å². The summed E-state index contributed by atoms with van der Waals surface area (Å²) < 4.78 is 50.9. The molecule has 5 saturated heterocycles. The molecule has 5 fully saturated rings. The van der Waals surface area contributed by atoms with E-state index in [4.69, 9.17) is 54.1 Å². The number of carboxylic acid groups (broad SMARTS) is 1. The summed E-state index contributed by atoms with van der Waals surface area (Å²) >= 11 is 0. The smallest absolute Gasteiger partial charge is 0.364 e. The lowest BCUT2D eigenvalue weighted by Gasteiger charge is -2.52. The van der Waals surface area contributed by atoms with Gasteiger partial charge in [0.1, 0.15) is 110 Å². The molecule has 5 aliphatic heterocycles. The summed E-state index contributed by atoms with van der Waals surface area (Å²) in [4.78, 5) is 13.1. The minimum atomic E-state index is -3.19. The second kappa shape index (κ2) is 21.3. The Morgan fingerprint density at radius 1 is 0.581 bits per heavy atom. The average molecular weight is 915 g/mol. The van der Waals surface area contributed by atoms with Crippen LogP contribution in [-0.2, 0) is 47.4 Å². The Kier molecular flexibility index (Phi) is 17.7. The molecule has 26 atom stereocenters. The number of hydrogen-bond acceptors (Lipinski definition) is 28. The quantitative estimate of drug-likeness (QED) is 0.0683. The molecule has 5 aliphatic rings. The highest BCUT2D eigenvalue weighted by atomic mass is 16.8. The maximum atomic E-state index is 13.1. The average Bonchev–Trinajstić information content (AvgIpc) is 3.25. The van der Waals surface area contributed by atoms with Crippen LogP contribution in [0.15, 0.2) is 0 Å². The van der Waals surface area contributed by atoms with Gasteiger partial charge in [-0.25, -0.2) is 4.79 Å². The van der Waals surface area contributed by atoms with Crippen LogP contribution in [0.2, 0.25) is 0 Å². The Labute approximate surface area is 350 Å². The normalized spacial score (nSPS) is 50.2. The summed E-state index contributed by atoms with van der Waals surface area (Å²) in [5.41, 5.74) is 12.4. The van der Waals surface area contributed by atoms with Crippen LogP contribution in [0.25, 0.3) is 0 Å². The highest BCUT2D eigenvalue weighted by Gasteiger charge is 2.61. The molecule has 0 aromatic carbocycles. The minimum Gasteiger partial charge on any atom is -0.477 e. The first-order valence-electron chi connectivity index (χ1n) is 19.4. The number of hydrogen-bond donors (Lipinski definition) is 19. The third kappa shape index (κ3) is 10.2. The van der Waals surface area contributed by atoms with E-state index in [1.165, 1.54) is 0 Å². The first-order chi connectivity index (χ1) is 29.2. The fraction of sp³-hybridized carbons (Fsp3) is 0.970. The van der Waals surface area contributed by atoms with E-state index >= 15 is 0 Å². The van der Waals surface area contributed by atoms with Crippen molar-refractivity contribution in [3.63, 3.8) is 0 Å². The van der Waals surface area contributed by atoms with Crippen molar-refractivity contribution in [1.82, 2.24) is 0 Å². The number of carboxylic acids is 1. The maximum absolute atomic E-state index is 13.1. The van der Waals surface area contributed by atoms with E-state index in [2.05, 4.69) is 0 Å². The summed E-state index contributed by atoms with van der Waals surface area (Å²) in [5, 5.41) is 177. The number of nitrogens with two attached hydrogens (primary N) is 2. The zero-order chi connectivity index (χ0) is 46.1. The first kappa shape index (κ1) is 51.4. The van der Waals surface area contributed by atoms with Gasteiger partial charge in [-0.1, -0.05) is 0 Å². The van der Waals surface area contributed by atoms with Crippen LogP contribution in [0.3, 0.4) is 0 Å². The van der Waals surface area contributed by atoms with Gasteiger partial charge in [0.2, 0.25) is 0 Å². The van der Waals surface area contributed by atoms with Crippen molar-refractivity contribution < 1.29 is 134 Å². The number of rotatable bonds is 16. The van der Waals surface area contributed by atoms with Gasteiger partial charge in [-0.05, 0) is 0 Å². The SMILES string of the molecule is N[C@H]1[C@H](O[C@@H]2[C@H](O[C@]3(C(=O)O)C[C@H](O)[C@@H](N)[C@H]([C@H](O)[C@H](O)CO)O3)[C@@H](O)[C@H](O[C@H]3[C@H](O)[C@@H](O)[C@H](O)O[C@@H]3CO)O[C@@H]2CO)O[C@H](CO)[C@H](O)[C@@H]1O[C@@H]1O[C@H](CO)[C@H](O)[C@H](O)[C@H]1O. The topological polar surface area (TPSA) is 496 Å². The molecule has 362 valence electrons. The van der Waals surface area contributed by atoms with Crippen LogP contribution < -0.4 is 11.5 Å². The molecule has 0 spiro atoms. The molecule has 0 aliphatic carbocycles. The van der Waals surface area contributed by atoms with Gasteiger partial charge in [0, 0.05) is 6.42 Å². The van der Waals surface area contributed by atoms with Crippen molar-refractivity contribution in [3.8, 4) is 0 Å². The largest absolute Gasteiger partial charge is 0.477 e. The summed E-state index contributed by atoms with van der Waals surface area (Å²) in [5.74, 6) is -5.26. The molecule has 0 bridgehead atoms. The molecule has 29 nitrogen and oxygen atoms in total. The van der Waals surface area contributed by atoms with Crippen molar-refractivity contribution in [1.29, 1.82) is 0 Å². The lowest BCUT2D eigenvalue weighted by atomic mass is 9.88. The van der Waals surface area contributed by atoms with Crippen molar-refractivity contribution in [3.05, 3.63) is 0 Å². The van der Waals surface area contributed by atoms with Gasteiger partial charge >= 0.3 is 5.97 Å². The predicted octanol–water partition coefficient (Wildman–Crippen LogP) is -12.8. The van der Waals surface area contributed by atoms with Gasteiger partial charge in [0.15, 0.2) is 25.2 Å². The van der Waals surface area contributed by atoms with Crippen molar-refractivity contribution in [2.24, 2.45) is 11.5 Å². The second-order valence-electron chi connectivity index (χ2n) is 15.6. The maximum Gasteiger partial charge on any atom is 0.364 e. The fourth-order valence-electron chi connectivity index (χ4n) is 7.80. The van der Waals surface area contributed by atoms with Crippen LogP contribution in [0.5, 0.6) is 0 Å². The monoisotopic (exact) mass is 914 g/mol. The Balaban J connectivity index is 1.53. The van der Waals surface area contributed by atoms with Gasteiger partial charge in [-0.2, -0.15) is 0 Å². The van der Waals surface area contributed by atoms with E-state index in [0.29, 0.717) is 0 Å². The molecule has 0 aromatic rings. The first-order valence-corrected chi connectivity index (χ1v) is 19.4. The lowest BCUT2D eigenvalue weighted by Crippen LogP contribution is -2.71. The van der Waals surface area contributed by atoms with E-state index in [1.807, 2.05) is 0 Å². The Hall–Kier alpha value is -1.61. The lowest BCUT2D eigenvalue weighted by molar-refractivity contribution is -0.402. The molecule has 62 heavy (non-hydrogen) atoms. The van der Waals surface area contributed by atoms with Crippen LogP contribution >= 0.6 is 0 Å². The second-order valence-corrected chi connectivity index (χ2v) is 15.6. The molecule has 5 heterocycles. The predicted molar refractivity (Wildman–Crippen MR) is 188 cm³/mol. The fourth-order valence-corrected chi connectivity index (χ4v) is 7.80. The number of ether oxygens (including phenoxy) is 9. The van der Waals surface area contributed by atoms with E-state index in [1.54, 1.807) is 0 Å². The molecule has 21 N–H and O–H groups in total. The standard InChI is InChI=1S/C33H58N2O27/c34-13-7(41)1-33(32(52)53,61-26(13)15(43)8(42)2-36)62-27-22(50)31(58-23-11(5-39)54-28(51)20(48)19(23)47)57-12(6-40)24(27)59-29-14(35)25(17(45)10(4-38)55-29)60-30-21(49)18(46)16(44)9(3-37)56-30/h7-31,36-51H,1-6,34-35H2,(H,52,53)/t7-,8+,9+,10+,11+,12+,13+,14+,15+,16-,17-,18-,19+,20+,21+,22+,23+,24-,25+,26+,27+,28+,29-,30-,31-,33-/m0/s1. The molecule has 0 radical (unpaired) electrons. The van der Waals surface area contributed by atoms with Gasteiger partial charge < -0.3 is 141 Å². The van der Waals surface area contributed by atoms with Crippen LogP contribution in [-0.4, -0.2) is 285 Å². The van der Waals surface area contributed by atoms with Gasteiger partial charge in [-0.3, -0.25) is 0 Å². The molecular formula is C33H58N2O27. The van der Waals surface area contributed by atoms with Crippen LogP contribution in [0.1, 0.15) is 6.42 Å². The van der Waals surface area contributed by atoms with E-state index in [0.717, 1.165) is 0 Å². The zero-order valence-corrected chi connectivity index (χ0v) is 32.5. The van der Waals surface area contributed by atoms with Gasteiger partial charge in [0.25, 0.3) is 5.79 Å². The van der Waals surface area contributed by atoms with Crippen molar-refractivity contribution in [2.75, 3.05) is 33.0 Å². The van der Waals surface area contributed by atoms with Gasteiger partial charge in [-0.15, -0.1) is 0 Å². The van der Waals surface area contributed by atoms with Crippen molar-refractivity contribution >= 4 is 5.97 Å². The van der Waals surface area contributed by atoms with Crippen molar-refractivity contribution in [2.45, 2.75) is 165 Å². The van der Waals surface area contributed by atoms with Gasteiger partial charge in [0.05, 0.1) is 51.2 Å². The Bertz CT molecular complexity index is 1430. The van der Waals surface area contributed by atoms with E-state index < -0.39 is 204 Å². The summed E-state index contributed by atoms with van der Waals surface area (Å²) in [6, 6.07) is -3.42. The number of aliphatic hydroxyl groups is 16. The highest BCUT2D eigenvalue weighted by molar-refractivity contribution is 5.76. The number of carbonyl (C=O) groups is 1. The molecule has 0 unspecified atom stereocenters. The molecule has 0 aromatic heterocycles. The molecule has 0 saturated carbocycles. The molecular weight excluding hydrogens is 856 g/mol. The zero-order valence-electron chi connectivity index (χ0n) is 32.5. The third-order valence-corrected chi connectivity index (χ3v) is 11.5. The summed E-state index contributed by atoms with van der Waals surface area (Å²) in [7, 11) is 0. The molecule has 29 heteroatoms. The summed E-state index contributed by atoms with van der Waals surface area (Å²) in [6.45, 7) is -5.09. The third-order valence-electron chi connectivity index (χ3n) is 11.5. The Morgan fingerprint density at radius 2 is 1.10 bits per heavy atom. The highest BCUT2D eigenvalue weighted by Crippen LogP contribution is 2.40.